The summed E-state index contributed by atoms with van der Waals surface area (Å²) >= 11 is 6.01. The molecule has 1 amide bonds. The summed E-state index contributed by atoms with van der Waals surface area (Å²) in [4.78, 5) is 12.1. The van der Waals surface area contributed by atoms with Crippen molar-refractivity contribution in [3.8, 4) is 0 Å². The number of halogens is 2. The number of hydrogen-bond donors (Lipinski definition) is 1. The van der Waals surface area contributed by atoms with E-state index in [1.54, 1.807) is 35.3 Å². The summed E-state index contributed by atoms with van der Waals surface area (Å²) in [5.41, 5.74) is 1.17. The number of nitrogens with zero attached hydrogens (tertiary/aromatic N) is 4. The van der Waals surface area contributed by atoms with Crippen molar-refractivity contribution < 1.29 is 9.18 Å². The normalized spacial score (nSPS) is 10.8. The maximum Gasteiger partial charge on any atom is 0.276 e. The van der Waals surface area contributed by atoms with Gasteiger partial charge in [-0.05, 0) is 25.1 Å². The van der Waals surface area contributed by atoms with Gasteiger partial charge >= 0.3 is 0 Å². The Morgan fingerprint density at radius 2 is 2.17 bits per heavy atom. The average Bonchev–Trinajstić information content (AvgIpc) is 3.20. The average molecular weight is 348 g/mol. The molecule has 0 bridgehead atoms. The monoisotopic (exact) mass is 347 g/mol. The largest absolute Gasteiger partial charge is 0.318 e. The summed E-state index contributed by atoms with van der Waals surface area (Å²) in [6.07, 6.45) is 4.83. The number of benzene rings is 1. The fraction of sp³-hybridized carbons (Fsp3) is 0.188. The number of hydrogen-bond acceptors (Lipinski definition) is 3. The number of aryl methyl sites for hydroxylation is 1. The molecule has 6 nitrogen and oxygen atoms in total. The first-order chi connectivity index (χ1) is 11.6. The summed E-state index contributed by atoms with van der Waals surface area (Å²) in [5.74, 6) is -0.723. The molecule has 24 heavy (non-hydrogen) atoms. The first-order valence-electron chi connectivity index (χ1n) is 7.37. The van der Waals surface area contributed by atoms with E-state index in [2.05, 4.69) is 15.5 Å². The molecule has 3 aromatic rings. The van der Waals surface area contributed by atoms with Crippen molar-refractivity contribution in [2.24, 2.45) is 0 Å². The molecule has 0 aliphatic heterocycles. The van der Waals surface area contributed by atoms with Crippen LogP contribution >= 0.6 is 11.6 Å². The van der Waals surface area contributed by atoms with Gasteiger partial charge in [-0.2, -0.15) is 10.2 Å². The van der Waals surface area contributed by atoms with E-state index in [1.165, 1.54) is 16.9 Å². The van der Waals surface area contributed by atoms with Gasteiger partial charge in [0.15, 0.2) is 5.69 Å². The first kappa shape index (κ1) is 16.2. The molecule has 0 radical (unpaired) electrons. The number of carbonyl (C=O) groups excluding carboxylic acids is 1. The van der Waals surface area contributed by atoms with Crippen LogP contribution in [-0.2, 0) is 13.1 Å². The van der Waals surface area contributed by atoms with Crippen molar-refractivity contribution >= 4 is 23.2 Å². The van der Waals surface area contributed by atoms with Crippen molar-refractivity contribution in [1.29, 1.82) is 0 Å². The number of anilines is 1. The molecule has 8 heteroatoms. The van der Waals surface area contributed by atoms with Gasteiger partial charge in [-0.3, -0.25) is 14.2 Å². The van der Waals surface area contributed by atoms with Crippen LogP contribution in [-0.4, -0.2) is 25.5 Å². The third-order valence-electron chi connectivity index (χ3n) is 3.47. The van der Waals surface area contributed by atoms with Crippen LogP contribution in [0.4, 0.5) is 10.1 Å². The van der Waals surface area contributed by atoms with Gasteiger partial charge in [0.1, 0.15) is 5.82 Å². The molecule has 0 unspecified atom stereocenters. The predicted octanol–water partition coefficient (Wildman–Crippen LogP) is 3.19. The third kappa shape index (κ3) is 3.46. The molecule has 0 saturated carbocycles. The van der Waals surface area contributed by atoms with E-state index in [0.717, 1.165) is 0 Å². The van der Waals surface area contributed by atoms with Crippen LogP contribution in [0, 0.1) is 5.82 Å². The highest BCUT2D eigenvalue weighted by atomic mass is 35.5. The Kier molecular flexibility index (Phi) is 4.61. The van der Waals surface area contributed by atoms with E-state index in [9.17, 15) is 9.18 Å². The van der Waals surface area contributed by atoms with Crippen molar-refractivity contribution in [3.63, 3.8) is 0 Å². The van der Waals surface area contributed by atoms with Gasteiger partial charge in [-0.1, -0.05) is 17.7 Å². The summed E-state index contributed by atoms with van der Waals surface area (Å²) in [6, 6.07) is 6.15. The smallest absolute Gasteiger partial charge is 0.276 e. The van der Waals surface area contributed by atoms with Gasteiger partial charge in [0.05, 0.1) is 18.4 Å². The molecule has 0 spiro atoms. The zero-order valence-corrected chi connectivity index (χ0v) is 13.7. The maximum absolute atomic E-state index is 13.8. The van der Waals surface area contributed by atoms with Gasteiger partial charge < -0.3 is 5.32 Å². The SMILES string of the molecule is CCn1ccc(C(=O)Nc2cnn(Cc3c(F)cccc3Cl)c2)n1. The lowest BCUT2D eigenvalue weighted by atomic mass is 10.2. The molecule has 1 aromatic carbocycles. The van der Waals surface area contributed by atoms with Gasteiger partial charge in [0, 0.05) is 29.5 Å². The fourth-order valence-corrected chi connectivity index (χ4v) is 2.44. The Bertz CT molecular complexity index is 853. The predicted molar refractivity (Wildman–Crippen MR) is 88.6 cm³/mol. The maximum atomic E-state index is 13.8. The quantitative estimate of drug-likeness (QED) is 0.770. The van der Waals surface area contributed by atoms with Crippen LogP contribution in [0.5, 0.6) is 0 Å². The lowest BCUT2D eigenvalue weighted by Gasteiger charge is -2.05. The second-order valence-corrected chi connectivity index (χ2v) is 5.54. The van der Waals surface area contributed by atoms with E-state index in [0.29, 0.717) is 28.5 Å². The van der Waals surface area contributed by atoms with Crippen LogP contribution in [0.15, 0.2) is 42.9 Å². The summed E-state index contributed by atoms with van der Waals surface area (Å²) in [6.45, 7) is 2.80. The number of rotatable bonds is 5. The number of aromatic nitrogens is 4. The van der Waals surface area contributed by atoms with Crippen molar-refractivity contribution in [3.05, 3.63) is 65.0 Å². The Hall–Kier alpha value is -2.67. The number of nitrogens with one attached hydrogen (secondary N) is 1. The minimum atomic E-state index is -0.395. The Morgan fingerprint density at radius 1 is 1.33 bits per heavy atom. The lowest BCUT2D eigenvalue weighted by molar-refractivity contribution is 0.102. The second kappa shape index (κ2) is 6.84. The minimum absolute atomic E-state index is 0.172. The van der Waals surface area contributed by atoms with E-state index in [-0.39, 0.29) is 12.5 Å². The summed E-state index contributed by atoms with van der Waals surface area (Å²) in [7, 11) is 0. The minimum Gasteiger partial charge on any atom is -0.318 e. The Balaban J connectivity index is 1.70. The van der Waals surface area contributed by atoms with Crippen molar-refractivity contribution in [1.82, 2.24) is 19.6 Å². The van der Waals surface area contributed by atoms with E-state index >= 15 is 0 Å². The zero-order chi connectivity index (χ0) is 17.1. The zero-order valence-electron chi connectivity index (χ0n) is 12.9. The van der Waals surface area contributed by atoms with Crippen LogP contribution in [0.2, 0.25) is 5.02 Å². The molecule has 0 saturated heterocycles. The molecule has 124 valence electrons. The van der Waals surface area contributed by atoms with E-state index < -0.39 is 5.82 Å². The van der Waals surface area contributed by atoms with Crippen LogP contribution in [0.1, 0.15) is 23.0 Å². The van der Waals surface area contributed by atoms with Crippen LogP contribution in [0.3, 0.4) is 0 Å². The molecule has 3 rings (SSSR count). The van der Waals surface area contributed by atoms with Crippen molar-refractivity contribution in [2.75, 3.05) is 5.32 Å². The van der Waals surface area contributed by atoms with E-state index in [4.69, 9.17) is 11.6 Å². The van der Waals surface area contributed by atoms with Crippen LogP contribution in [0.25, 0.3) is 0 Å². The highest BCUT2D eigenvalue weighted by Gasteiger charge is 2.12. The van der Waals surface area contributed by atoms with E-state index in [1.807, 2.05) is 6.92 Å². The molecule has 0 aliphatic rings. The number of carbonyl (C=O) groups is 1. The molecule has 0 fully saturated rings. The fourth-order valence-electron chi connectivity index (χ4n) is 2.21. The lowest BCUT2D eigenvalue weighted by Crippen LogP contribution is -2.13. The molecule has 0 aliphatic carbocycles. The van der Waals surface area contributed by atoms with Gasteiger partial charge in [-0.15, -0.1) is 0 Å². The highest BCUT2D eigenvalue weighted by Crippen LogP contribution is 2.20. The third-order valence-corrected chi connectivity index (χ3v) is 3.82. The van der Waals surface area contributed by atoms with Gasteiger partial charge in [0.25, 0.3) is 5.91 Å². The summed E-state index contributed by atoms with van der Waals surface area (Å²) in [5, 5.41) is 11.3. The molecule has 1 N–H and O–H groups in total. The Labute approximate surface area is 142 Å². The Morgan fingerprint density at radius 3 is 2.88 bits per heavy atom. The highest BCUT2D eigenvalue weighted by molar-refractivity contribution is 6.31. The van der Waals surface area contributed by atoms with Gasteiger partial charge in [0.2, 0.25) is 0 Å². The molecular formula is C16H15ClFN5O. The van der Waals surface area contributed by atoms with Gasteiger partial charge in [-0.25, -0.2) is 4.39 Å². The first-order valence-corrected chi connectivity index (χ1v) is 7.74. The van der Waals surface area contributed by atoms with Crippen LogP contribution < -0.4 is 5.32 Å². The van der Waals surface area contributed by atoms with Crippen molar-refractivity contribution in [2.45, 2.75) is 20.0 Å². The number of amides is 1. The molecule has 0 atom stereocenters. The second-order valence-electron chi connectivity index (χ2n) is 5.14. The standard InChI is InChI=1S/C16H15ClFN5O/c1-2-22-7-6-15(21-22)16(24)20-11-8-19-23(9-11)10-12-13(17)4-3-5-14(12)18/h3-9H,2,10H2,1H3,(H,20,24). The summed E-state index contributed by atoms with van der Waals surface area (Å²) < 4.78 is 17.0. The molecule has 2 aromatic heterocycles. The molecular weight excluding hydrogens is 333 g/mol. The molecule has 2 heterocycles. The topological polar surface area (TPSA) is 64.7 Å².